The Labute approximate surface area is 195 Å². The Balaban J connectivity index is 1.12. The van der Waals surface area contributed by atoms with Crippen LogP contribution in [0.4, 0.5) is 11.8 Å². The number of hydrogen-bond acceptors (Lipinski definition) is 7. The molecular weight excluding hydrogens is 418 g/mol. The van der Waals surface area contributed by atoms with Gasteiger partial charge in [0.05, 0.1) is 0 Å². The summed E-state index contributed by atoms with van der Waals surface area (Å²) in [6.45, 7) is 4.69. The highest BCUT2D eigenvalue weighted by Crippen LogP contribution is 2.57. The van der Waals surface area contributed by atoms with Crippen molar-refractivity contribution >= 4 is 17.7 Å². The zero-order chi connectivity index (χ0) is 22.7. The fourth-order valence-corrected chi connectivity index (χ4v) is 8.34. The third-order valence-electron chi connectivity index (χ3n) is 9.66. The van der Waals surface area contributed by atoms with Crippen LogP contribution in [0.15, 0.2) is 6.07 Å². The summed E-state index contributed by atoms with van der Waals surface area (Å²) >= 11 is 0. The van der Waals surface area contributed by atoms with Crippen molar-refractivity contribution in [3.8, 4) is 5.88 Å². The number of carboxylic acid groups (broad SMARTS) is 1. The zero-order valence-electron chi connectivity index (χ0n) is 19.6. The molecular formula is C25H37N5O3. The van der Waals surface area contributed by atoms with Gasteiger partial charge in [0, 0.05) is 31.6 Å². The highest BCUT2D eigenvalue weighted by Gasteiger charge is 2.50. The quantitative estimate of drug-likeness (QED) is 0.621. The second-order valence-electron chi connectivity index (χ2n) is 11.7. The minimum atomic E-state index is -0.743. The lowest BCUT2D eigenvalue weighted by Gasteiger charge is -2.55. The molecule has 3 heterocycles. The van der Waals surface area contributed by atoms with Gasteiger partial charge in [-0.25, -0.2) is 0 Å². The monoisotopic (exact) mass is 455 g/mol. The Morgan fingerprint density at radius 3 is 2.45 bits per heavy atom. The van der Waals surface area contributed by atoms with Crippen molar-refractivity contribution in [1.29, 1.82) is 0 Å². The molecule has 6 fully saturated rings. The molecule has 33 heavy (non-hydrogen) atoms. The number of hydrogen-bond donors (Lipinski definition) is 3. The smallest absolute Gasteiger partial charge is 0.320 e. The number of carbonyl (C=O) groups is 1. The summed E-state index contributed by atoms with van der Waals surface area (Å²) in [5.41, 5.74) is 6.17. The van der Waals surface area contributed by atoms with Crippen molar-refractivity contribution in [1.82, 2.24) is 15.3 Å². The number of nitrogens with zero attached hydrogens (tertiary/aromatic N) is 3. The first-order valence-electron chi connectivity index (χ1n) is 12.9. The number of carboxylic acids is 1. The van der Waals surface area contributed by atoms with Gasteiger partial charge in [-0.2, -0.15) is 9.97 Å². The molecule has 1 aromatic heterocycles. The van der Waals surface area contributed by atoms with Gasteiger partial charge in [0.1, 0.15) is 18.0 Å². The van der Waals surface area contributed by atoms with Crippen LogP contribution in [-0.4, -0.2) is 52.8 Å². The van der Waals surface area contributed by atoms with Crippen molar-refractivity contribution in [3.05, 3.63) is 6.07 Å². The van der Waals surface area contributed by atoms with Gasteiger partial charge in [-0.15, -0.1) is 0 Å². The van der Waals surface area contributed by atoms with Gasteiger partial charge in [0.15, 0.2) is 0 Å². The minimum Gasteiger partial charge on any atom is -0.480 e. The molecule has 8 heteroatoms. The maximum Gasteiger partial charge on any atom is 0.320 e. The van der Waals surface area contributed by atoms with E-state index in [4.69, 9.17) is 10.5 Å². The van der Waals surface area contributed by atoms with Crippen LogP contribution in [0.1, 0.15) is 58.3 Å². The Bertz CT molecular complexity index is 887. The highest BCUT2D eigenvalue weighted by atomic mass is 16.5. The number of aromatic nitrogens is 2. The van der Waals surface area contributed by atoms with Gasteiger partial charge in [0.2, 0.25) is 11.8 Å². The molecule has 8 nitrogen and oxygen atoms in total. The van der Waals surface area contributed by atoms with E-state index in [1.165, 1.54) is 32.1 Å². The fraction of sp³-hybridized carbons (Fsp3) is 0.800. The number of ether oxygens (including phenoxy) is 1. The molecule has 6 aliphatic rings. The highest BCUT2D eigenvalue weighted by molar-refractivity contribution is 5.74. The predicted octanol–water partition coefficient (Wildman–Crippen LogP) is 2.93. The molecule has 2 saturated heterocycles. The third kappa shape index (κ3) is 3.94. The number of piperidine rings is 1. The van der Waals surface area contributed by atoms with E-state index in [1.54, 1.807) is 0 Å². The Morgan fingerprint density at radius 1 is 1.18 bits per heavy atom. The number of anilines is 2. The number of nitrogens with one attached hydrogen (secondary N) is 1. The SMILES string of the molecule is CC(Oc1cc(N2CCC3(CC2)CNC(C(=O)O)C3)nc(N)n1)C1C2CC3CC(C2)CC1C3. The molecule has 4 aliphatic carbocycles. The fourth-order valence-electron chi connectivity index (χ4n) is 8.34. The van der Waals surface area contributed by atoms with E-state index in [2.05, 4.69) is 27.1 Å². The Hall–Kier alpha value is -2.09. The predicted molar refractivity (Wildman–Crippen MR) is 125 cm³/mol. The molecule has 4 saturated carbocycles. The van der Waals surface area contributed by atoms with Crippen LogP contribution in [0.25, 0.3) is 0 Å². The standard InChI is InChI=1S/C25H37N5O3/c1-14(22-17-7-15-6-16(9-17)10-18(22)8-15)33-21-11-20(28-24(26)29-21)30-4-2-25(3-5-30)12-19(23(31)32)27-13-25/h11,14-19,22,27H,2-10,12-13H2,1H3,(H,31,32)(H2,26,28,29). The van der Waals surface area contributed by atoms with E-state index >= 15 is 0 Å². The first-order valence-corrected chi connectivity index (χ1v) is 12.9. The average Bonchev–Trinajstić information content (AvgIpc) is 3.17. The van der Waals surface area contributed by atoms with Gasteiger partial charge in [-0.05, 0) is 87.4 Å². The van der Waals surface area contributed by atoms with E-state index in [-0.39, 0.29) is 17.5 Å². The summed E-state index contributed by atoms with van der Waals surface area (Å²) in [4.78, 5) is 22.5. The second kappa shape index (κ2) is 8.00. The summed E-state index contributed by atoms with van der Waals surface area (Å²) in [6.07, 6.45) is 9.76. The normalized spacial score (nSPS) is 37.4. The first-order chi connectivity index (χ1) is 15.9. The van der Waals surface area contributed by atoms with Gasteiger partial charge < -0.3 is 25.8 Å². The summed E-state index contributed by atoms with van der Waals surface area (Å²) in [7, 11) is 0. The average molecular weight is 456 g/mol. The summed E-state index contributed by atoms with van der Waals surface area (Å²) in [5.74, 6) is 5.09. The van der Waals surface area contributed by atoms with E-state index in [9.17, 15) is 9.90 Å². The third-order valence-corrected chi connectivity index (χ3v) is 9.66. The van der Waals surface area contributed by atoms with Crippen molar-refractivity contribution in [2.45, 2.75) is 70.4 Å². The van der Waals surface area contributed by atoms with Crippen molar-refractivity contribution in [3.63, 3.8) is 0 Å². The Kier molecular flexibility index (Phi) is 5.20. The second-order valence-corrected chi connectivity index (χ2v) is 11.7. The van der Waals surface area contributed by atoms with Crippen LogP contribution in [0.3, 0.4) is 0 Å². The lowest BCUT2D eigenvalue weighted by atomic mass is 9.51. The molecule has 0 radical (unpaired) electrons. The van der Waals surface area contributed by atoms with Gasteiger partial charge in [0.25, 0.3) is 0 Å². The molecule has 0 amide bonds. The number of nitrogen functional groups attached to an aromatic ring is 1. The molecule has 2 unspecified atom stereocenters. The van der Waals surface area contributed by atoms with E-state index in [0.29, 0.717) is 18.2 Å². The molecule has 1 aromatic rings. The van der Waals surface area contributed by atoms with Gasteiger partial charge in [-0.1, -0.05) is 0 Å². The summed E-state index contributed by atoms with van der Waals surface area (Å²) in [6, 6.07) is 1.53. The van der Waals surface area contributed by atoms with Crippen LogP contribution in [-0.2, 0) is 4.79 Å². The van der Waals surface area contributed by atoms with E-state index in [1.807, 2.05) is 6.07 Å². The van der Waals surface area contributed by atoms with Gasteiger partial charge in [-0.3, -0.25) is 4.79 Å². The zero-order valence-corrected chi connectivity index (χ0v) is 19.6. The minimum absolute atomic E-state index is 0.0748. The lowest BCUT2D eigenvalue weighted by molar-refractivity contribution is -0.139. The number of aliphatic carboxylic acids is 1. The number of rotatable bonds is 5. The van der Waals surface area contributed by atoms with Crippen molar-refractivity contribution in [2.75, 3.05) is 30.3 Å². The molecule has 1 spiro atoms. The molecule has 7 rings (SSSR count). The van der Waals surface area contributed by atoms with Gasteiger partial charge >= 0.3 is 5.97 Å². The molecule has 180 valence electrons. The van der Waals surface area contributed by atoms with Crippen molar-refractivity contribution < 1.29 is 14.6 Å². The maximum absolute atomic E-state index is 11.4. The summed E-state index contributed by atoms with van der Waals surface area (Å²) in [5, 5.41) is 12.5. The lowest BCUT2D eigenvalue weighted by Crippen LogP contribution is -2.50. The topological polar surface area (TPSA) is 114 Å². The molecule has 2 aliphatic heterocycles. The number of nitrogens with two attached hydrogens (primary N) is 1. The molecule has 2 atom stereocenters. The van der Waals surface area contributed by atoms with Crippen LogP contribution in [0.2, 0.25) is 0 Å². The Morgan fingerprint density at radius 2 is 1.85 bits per heavy atom. The maximum atomic E-state index is 11.4. The van der Waals surface area contributed by atoms with Crippen LogP contribution >= 0.6 is 0 Å². The van der Waals surface area contributed by atoms with Crippen LogP contribution in [0, 0.1) is 35.0 Å². The largest absolute Gasteiger partial charge is 0.480 e. The molecule has 4 N–H and O–H groups in total. The summed E-state index contributed by atoms with van der Waals surface area (Å²) < 4.78 is 6.45. The molecule has 0 aromatic carbocycles. The first kappa shape index (κ1) is 21.4. The van der Waals surface area contributed by atoms with Crippen LogP contribution in [0.5, 0.6) is 5.88 Å². The van der Waals surface area contributed by atoms with Crippen molar-refractivity contribution in [2.24, 2.45) is 35.0 Å². The van der Waals surface area contributed by atoms with E-state index in [0.717, 1.165) is 62.0 Å². The van der Waals surface area contributed by atoms with Crippen LogP contribution < -0.4 is 20.7 Å². The van der Waals surface area contributed by atoms with E-state index < -0.39 is 12.0 Å². The molecule has 4 bridgehead atoms.